The van der Waals surface area contributed by atoms with Gasteiger partial charge in [0, 0.05) is 0 Å². The fraction of sp³-hybridized carbons (Fsp3) is 0.571. The summed E-state index contributed by atoms with van der Waals surface area (Å²) in [6, 6.07) is 4.98. The predicted molar refractivity (Wildman–Crippen MR) is 72.1 cm³/mol. The van der Waals surface area contributed by atoms with Gasteiger partial charge in [0.05, 0.1) is 5.02 Å². The number of aryl methyl sites for hydroxylation is 1. The lowest BCUT2D eigenvalue weighted by atomic mass is 10.0. The Labute approximate surface area is 108 Å². The Balaban J connectivity index is 2.31. The van der Waals surface area contributed by atoms with Crippen molar-refractivity contribution in [2.45, 2.75) is 33.1 Å². The van der Waals surface area contributed by atoms with Gasteiger partial charge < -0.3 is 5.32 Å². The van der Waals surface area contributed by atoms with Gasteiger partial charge in [-0.15, -0.1) is 0 Å². The Kier molecular flexibility index (Phi) is 6.53. The summed E-state index contributed by atoms with van der Waals surface area (Å²) in [7, 11) is 0. The van der Waals surface area contributed by atoms with Crippen LogP contribution >= 0.6 is 11.6 Å². The standard InChI is InChI=1S/C14H21ClFN/c1-3-8-17-10-11(2)4-5-12-6-7-14(16)13(15)9-12/h6-7,9,11,17H,3-5,8,10H2,1-2H3. The van der Waals surface area contributed by atoms with Crippen LogP contribution in [0.1, 0.15) is 32.3 Å². The molecule has 0 bridgehead atoms. The number of hydrogen-bond acceptors (Lipinski definition) is 1. The van der Waals surface area contributed by atoms with E-state index < -0.39 is 0 Å². The highest BCUT2D eigenvalue weighted by atomic mass is 35.5. The second-order valence-corrected chi connectivity index (χ2v) is 5.00. The van der Waals surface area contributed by atoms with Gasteiger partial charge in [-0.1, -0.05) is 31.5 Å². The fourth-order valence-electron chi connectivity index (χ4n) is 1.74. The molecular weight excluding hydrogens is 237 g/mol. The van der Waals surface area contributed by atoms with Gasteiger partial charge >= 0.3 is 0 Å². The van der Waals surface area contributed by atoms with Crippen LogP contribution in [-0.2, 0) is 6.42 Å². The molecule has 96 valence electrons. The van der Waals surface area contributed by atoms with Crippen LogP contribution in [0.4, 0.5) is 4.39 Å². The molecule has 0 saturated carbocycles. The predicted octanol–water partition coefficient (Wildman–Crippen LogP) is 4.05. The Morgan fingerprint density at radius 1 is 1.41 bits per heavy atom. The van der Waals surface area contributed by atoms with Crippen molar-refractivity contribution in [3.63, 3.8) is 0 Å². The van der Waals surface area contributed by atoms with Gasteiger partial charge in [0.2, 0.25) is 0 Å². The Hall–Kier alpha value is -0.600. The smallest absolute Gasteiger partial charge is 0.141 e. The molecule has 1 N–H and O–H groups in total. The molecule has 0 aliphatic heterocycles. The monoisotopic (exact) mass is 257 g/mol. The summed E-state index contributed by atoms with van der Waals surface area (Å²) in [6.07, 6.45) is 3.22. The molecule has 0 saturated heterocycles. The zero-order valence-corrected chi connectivity index (χ0v) is 11.4. The molecule has 1 rings (SSSR count). The number of halogens is 2. The van der Waals surface area contributed by atoms with Gasteiger partial charge in [-0.3, -0.25) is 0 Å². The lowest BCUT2D eigenvalue weighted by molar-refractivity contribution is 0.481. The molecule has 1 atom stereocenters. The van der Waals surface area contributed by atoms with E-state index in [0.29, 0.717) is 5.92 Å². The van der Waals surface area contributed by atoms with E-state index in [1.165, 1.54) is 12.5 Å². The van der Waals surface area contributed by atoms with Crippen molar-refractivity contribution in [1.82, 2.24) is 5.32 Å². The van der Waals surface area contributed by atoms with Gasteiger partial charge in [0.25, 0.3) is 0 Å². The van der Waals surface area contributed by atoms with Crippen LogP contribution < -0.4 is 5.32 Å². The minimum absolute atomic E-state index is 0.222. The number of rotatable bonds is 7. The van der Waals surface area contributed by atoms with E-state index in [1.54, 1.807) is 6.07 Å². The van der Waals surface area contributed by atoms with Crippen molar-refractivity contribution in [3.8, 4) is 0 Å². The Bertz CT molecular complexity index is 341. The summed E-state index contributed by atoms with van der Waals surface area (Å²) in [5.41, 5.74) is 1.11. The van der Waals surface area contributed by atoms with Gasteiger partial charge in [-0.2, -0.15) is 0 Å². The Morgan fingerprint density at radius 3 is 2.82 bits per heavy atom. The van der Waals surface area contributed by atoms with E-state index in [4.69, 9.17) is 11.6 Å². The maximum absolute atomic E-state index is 13.0. The van der Waals surface area contributed by atoms with Crippen molar-refractivity contribution >= 4 is 11.6 Å². The first-order chi connectivity index (χ1) is 8.13. The first-order valence-corrected chi connectivity index (χ1v) is 6.66. The highest BCUT2D eigenvalue weighted by molar-refractivity contribution is 6.30. The quantitative estimate of drug-likeness (QED) is 0.727. The van der Waals surface area contributed by atoms with Crippen LogP contribution in [-0.4, -0.2) is 13.1 Å². The van der Waals surface area contributed by atoms with Crippen molar-refractivity contribution in [3.05, 3.63) is 34.6 Å². The molecule has 0 aromatic heterocycles. The first kappa shape index (κ1) is 14.5. The number of nitrogens with one attached hydrogen (secondary N) is 1. The average molecular weight is 258 g/mol. The normalized spacial score (nSPS) is 12.7. The Morgan fingerprint density at radius 2 is 2.18 bits per heavy atom. The van der Waals surface area contributed by atoms with Crippen LogP contribution in [0.2, 0.25) is 5.02 Å². The largest absolute Gasteiger partial charge is 0.316 e. The van der Waals surface area contributed by atoms with Gasteiger partial charge in [-0.25, -0.2) is 4.39 Å². The van der Waals surface area contributed by atoms with Gasteiger partial charge in [-0.05, 0) is 56.0 Å². The molecule has 0 fully saturated rings. The van der Waals surface area contributed by atoms with E-state index in [2.05, 4.69) is 19.2 Å². The molecule has 1 aromatic rings. The molecule has 0 radical (unpaired) electrons. The topological polar surface area (TPSA) is 12.0 Å². The molecule has 0 amide bonds. The van der Waals surface area contributed by atoms with E-state index in [1.807, 2.05) is 6.07 Å². The summed E-state index contributed by atoms with van der Waals surface area (Å²) in [6.45, 7) is 6.52. The second kappa shape index (κ2) is 7.67. The average Bonchev–Trinajstić information content (AvgIpc) is 2.31. The van der Waals surface area contributed by atoms with E-state index >= 15 is 0 Å². The van der Waals surface area contributed by atoms with Crippen LogP contribution in [0.25, 0.3) is 0 Å². The first-order valence-electron chi connectivity index (χ1n) is 6.28. The molecule has 1 unspecified atom stereocenters. The minimum Gasteiger partial charge on any atom is -0.316 e. The molecule has 0 aliphatic carbocycles. The third-order valence-electron chi connectivity index (χ3n) is 2.83. The van der Waals surface area contributed by atoms with Crippen LogP contribution in [0, 0.1) is 11.7 Å². The van der Waals surface area contributed by atoms with Crippen LogP contribution in [0.5, 0.6) is 0 Å². The van der Waals surface area contributed by atoms with Crippen LogP contribution in [0.15, 0.2) is 18.2 Å². The van der Waals surface area contributed by atoms with Crippen molar-refractivity contribution in [2.24, 2.45) is 5.92 Å². The zero-order valence-electron chi connectivity index (χ0n) is 10.6. The summed E-state index contributed by atoms with van der Waals surface area (Å²) in [4.78, 5) is 0. The number of hydrogen-bond donors (Lipinski definition) is 1. The molecule has 0 heterocycles. The van der Waals surface area contributed by atoms with E-state index in [-0.39, 0.29) is 10.8 Å². The summed E-state index contributed by atoms with van der Waals surface area (Å²) in [5.74, 6) is 0.290. The van der Waals surface area contributed by atoms with Crippen molar-refractivity contribution in [1.29, 1.82) is 0 Å². The molecule has 17 heavy (non-hydrogen) atoms. The summed E-state index contributed by atoms with van der Waals surface area (Å²) < 4.78 is 13.0. The molecular formula is C14H21ClFN. The van der Waals surface area contributed by atoms with E-state index in [0.717, 1.165) is 31.5 Å². The van der Waals surface area contributed by atoms with E-state index in [9.17, 15) is 4.39 Å². The lowest BCUT2D eigenvalue weighted by Crippen LogP contribution is -2.22. The van der Waals surface area contributed by atoms with Gasteiger partial charge in [0.1, 0.15) is 5.82 Å². The molecule has 0 spiro atoms. The summed E-state index contributed by atoms with van der Waals surface area (Å²) in [5, 5.41) is 3.63. The highest BCUT2D eigenvalue weighted by Gasteiger charge is 2.04. The third kappa shape index (κ3) is 5.51. The maximum atomic E-state index is 13.0. The number of benzene rings is 1. The molecule has 1 nitrogen and oxygen atoms in total. The molecule has 3 heteroatoms. The second-order valence-electron chi connectivity index (χ2n) is 4.60. The zero-order chi connectivity index (χ0) is 12.7. The third-order valence-corrected chi connectivity index (χ3v) is 3.12. The maximum Gasteiger partial charge on any atom is 0.141 e. The van der Waals surface area contributed by atoms with Crippen molar-refractivity contribution < 1.29 is 4.39 Å². The highest BCUT2D eigenvalue weighted by Crippen LogP contribution is 2.18. The SMILES string of the molecule is CCCNCC(C)CCc1ccc(F)c(Cl)c1. The molecule has 0 aliphatic rings. The lowest BCUT2D eigenvalue weighted by Gasteiger charge is -2.12. The van der Waals surface area contributed by atoms with Crippen molar-refractivity contribution in [2.75, 3.05) is 13.1 Å². The van der Waals surface area contributed by atoms with Crippen LogP contribution in [0.3, 0.4) is 0 Å². The molecule has 1 aromatic carbocycles. The van der Waals surface area contributed by atoms with Gasteiger partial charge in [0.15, 0.2) is 0 Å². The minimum atomic E-state index is -0.340. The fourth-order valence-corrected chi connectivity index (χ4v) is 1.94. The summed E-state index contributed by atoms with van der Waals surface area (Å²) >= 11 is 5.74.